The zero-order valence-corrected chi connectivity index (χ0v) is 22.6. The number of halogens is 1. The second kappa shape index (κ2) is 11.1. The van der Waals surface area contributed by atoms with Gasteiger partial charge in [-0.3, -0.25) is 18.7 Å². The lowest BCUT2D eigenvalue weighted by Crippen LogP contribution is -2.41. The fourth-order valence-electron chi connectivity index (χ4n) is 4.59. The van der Waals surface area contributed by atoms with E-state index >= 15 is 4.39 Å². The Balaban J connectivity index is 1.57. The number of aromatic nitrogens is 2. The number of nitrogens with zero attached hydrogens (tertiary/aromatic N) is 3. The summed E-state index contributed by atoms with van der Waals surface area (Å²) in [6.45, 7) is 1.51. The first kappa shape index (κ1) is 26.8. The van der Waals surface area contributed by atoms with Crippen LogP contribution in [0.15, 0.2) is 82.4 Å². The molecule has 3 aromatic carbocycles. The zero-order chi connectivity index (χ0) is 28.4. The maximum Gasteiger partial charge on any atom is 0.332 e. The number of thiophene rings is 1. The predicted molar refractivity (Wildman–Crippen MR) is 153 cm³/mol. The van der Waals surface area contributed by atoms with E-state index in [0.29, 0.717) is 44.6 Å². The number of rotatable bonds is 8. The van der Waals surface area contributed by atoms with Crippen LogP contribution < -0.4 is 16.0 Å². The van der Waals surface area contributed by atoms with E-state index in [1.54, 1.807) is 66.7 Å². The molecule has 40 heavy (non-hydrogen) atoms. The highest BCUT2D eigenvalue weighted by atomic mass is 32.1. The van der Waals surface area contributed by atoms with Crippen molar-refractivity contribution in [1.29, 1.82) is 5.26 Å². The number of hydrogen-bond acceptors (Lipinski definition) is 6. The maximum atomic E-state index is 15.3. The summed E-state index contributed by atoms with van der Waals surface area (Å²) in [4.78, 5) is 41.4. The van der Waals surface area contributed by atoms with Gasteiger partial charge in [-0.05, 0) is 54.4 Å². The third kappa shape index (κ3) is 4.97. The number of ether oxygens (including phenoxy) is 1. The maximum absolute atomic E-state index is 15.3. The Bertz CT molecular complexity index is 1910. The molecule has 0 radical (unpaired) electrons. The van der Waals surface area contributed by atoms with E-state index in [0.717, 1.165) is 9.44 Å². The van der Waals surface area contributed by atoms with Gasteiger partial charge < -0.3 is 4.74 Å². The molecule has 200 valence electrons. The summed E-state index contributed by atoms with van der Waals surface area (Å²) in [7, 11) is 1.52. The van der Waals surface area contributed by atoms with Crippen LogP contribution in [-0.4, -0.2) is 22.0 Å². The molecule has 0 bridgehead atoms. The van der Waals surface area contributed by atoms with Crippen LogP contribution in [0.5, 0.6) is 5.75 Å². The van der Waals surface area contributed by atoms with Gasteiger partial charge in [0, 0.05) is 21.6 Å². The van der Waals surface area contributed by atoms with Crippen molar-refractivity contribution in [3.05, 3.63) is 121 Å². The Kier molecular flexibility index (Phi) is 7.45. The molecule has 2 aromatic heterocycles. The van der Waals surface area contributed by atoms with Gasteiger partial charge in [0.25, 0.3) is 5.56 Å². The van der Waals surface area contributed by atoms with Crippen LogP contribution >= 0.6 is 11.3 Å². The van der Waals surface area contributed by atoms with E-state index in [1.165, 1.54) is 29.1 Å². The molecule has 7 nitrogen and oxygen atoms in total. The van der Waals surface area contributed by atoms with Crippen molar-refractivity contribution in [3.63, 3.8) is 0 Å². The van der Waals surface area contributed by atoms with Crippen LogP contribution in [0, 0.1) is 17.1 Å². The smallest absolute Gasteiger partial charge is 0.332 e. The quantitative estimate of drug-likeness (QED) is 0.240. The third-order valence-electron chi connectivity index (χ3n) is 6.72. The third-order valence-corrected chi connectivity index (χ3v) is 8.02. The average molecular weight is 554 g/mol. The van der Waals surface area contributed by atoms with Crippen LogP contribution in [0.3, 0.4) is 0 Å². The topological polar surface area (TPSA) is 94.1 Å². The number of carbonyl (C=O) groups excluding carboxylic acids is 1. The van der Waals surface area contributed by atoms with Crippen molar-refractivity contribution in [2.45, 2.75) is 26.4 Å². The lowest BCUT2D eigenvalue weighted by atomic mass is 9.98. The molecule has 0 spiro atoms. The Labute approximate surface area is 232 Å². The highest BCUT2D eigenvalue weighted by molar-refractivity contribution is 7.18. The molecule has 0 saturated heterocycles. The molecule has 0 saturated carbocycles. The van der Waals surface area contributed by atoms with Crippen molar-refractivity contribution in [2.75, 3.05) is 7.11 Å². The van der Waals surface area contributed by atoms with Crippen LogP contribution in [0.2, 0.25) is 0 Å². The number of fused-ring (bicyclic) bond motifs is 1. The summed E-state index contributed by atoms with van der Waals surface area (Å²) in [5, 5.41) is 9.75. The van der Waals surface area contributed by atoms with Gasteiger partial charge in [-0.1, -0.05) is 37.3 Å². The molecular formula is C31H24FN3O4S. The van der Waals surface area contributed by atoms with E-state index in [2.05, 4.69) is 6.07 Å². The number of nitriles is 1. The predicted octanol–water partition coefficient (Wildman–Crippen LogP) is 5.40. The number of hydrogen-bond donors (Lipinski definition) is 0. The molecule has 2 heterocycles. The van der Waals surface area contributed by atoms with Crippen LogP contribution in [-0.2, 0) is 19.5 Å². The molecule has 0 aliphatic carbocycles. The molecule has 0 fully saturated rings. The Morgan fingerprint density at radius 3 is 2.42 bits per heavy atom. The first-order valence-electron chi connectivity index (χ1n) is 12.6. The monoisotopic (exact) mass is 553 g/mol. The van der Waals surface area contributed by atoms with Gasteiger partial charge in [0.15, 0.2) is 5.78 Å². The molecule has 5 aromatic rings. The molecule has 0 aliphatic heterocycles. The normalized spacial score (nSPS) is 10.9. The highest BCUT2D eigenvalue weighted by Crippen LogP contribution is 2.28. The van der Waals surface area contributed by atoms with Gasteiger partial charge >= 0.3 is 5.69 Å². The van der Waals surface area contributed by atoms with Crippen molar-refractivity contribution in [3.8, 4) is 22.9 Å². The first-order chi connectivity index (χ1) is 19.3. The molecule has 0 N–H and O–H groups in total. The SMILES string of the molecule is CCc1cc2c(=O)n(CC(=O)c3ccc(OC)cc3)c(=O)n(Cc3ccc(-c4ccccc4C#N)c(F)c3)c2s1. The Morgan fingerprint density at radius 2 is 1.75 bits per heavy atom. The van der Waals surface area contributed by atoms with Crippen LogP contribution in [0.1, 0.15) is 33.3 Å². The zero-order valence-electron chi connectivity index (χ0n) is 21.8. The molecule has 0 amide bonds. The van der Waals surface area contributed by atoms with Gasteiger partial charge in [-0.15, -0.1) is 11.3 Å². The van der Waals surface area contributed by atoms with Gasteiger partial charge in [0.2, 0.25) is 0 Å². The summed E-state index contributed by atoms with van der Waals surface area (Å²) in [6.07, 6.45) is 0.666. The number of carbonyl (C=O) groups is 1. The summed E-state index contributed by atoms with van der Waals surface area (Å²) in [5.41, 5.74) is 0.756. The van der Waals surface area contributed by atoms with Crippen LogP contribution in [0.25, 0.3) is 21.3 Å². The molecule has 0 aliphatic rings. The largest absolute Gasteiger partial charge is 0.497 e. The van der Waals surface area contributed by atoms with Gasteiger partial charge in [-0.25, -0.2) is 9.18 Å². The lowest BCUT2D eigenvalue weighted by Gasteiger charge is -2.13. The van der Waals surface area contributed by atoms with E-state index in [1.807, 2.05) is 6.92 Å². The Morgan fingerprint density at radius 1 is 1.00 bits per heavy atom. The standard InChI is InChI=1S/C31H24FN3O4S/c1-3-23-15-26-29(37)34(18-28(36)20-9-11-22(39-2)12-10-20)31(38)35(30(26)40-23)17-19-8-13-25(27(32)14-19)24-7-5-4-6-21(24)16-33/h4-15H,3,17-18H2,1-2H3. The molecule has 0 unspecified atom stereocenters. The fourth-order valence-corrected chi connectivity index (χ4v) is 5.67. The lowest BCUT2D eigenvalue weighted by molar-refractivity contribution is 0.0969. The van der Waals surface area contributed by atoms with Crippen molar-refractivity contribution in [1.82, 2.24) is 9.13 Å². The Hall–Kier alpha value is -4.81. The van der Waals surface area contributed by atoms with E-state index in [4.69, 9.17) is 4.74 Å². The van der Waals surface area contributed by atoms with Gasteiger partial charge in [0.1, 0.15) is 16.4 Å². The van der Waals surface area contributed by atoms with E-state index < -0.39 is 29.4 Å². The minimum atomic E-state index is -0.650. The molecular weight excluding hydrogens is 529 g/mol. The van der Waals surface area contributed by atoms with Crippen LogP contribution in [0.4, 0.5) is 4.39 Å². The first-order valence-corrected chi connectivity index (χ1v) is 13.4. The van der Waals surface area contributed by atoms with E-state index in [-0.39, 0.29) is 12.1 Å². The van der Waals surface area contributed by atoms with Crippen molar-refractivity contribution in [2.24, 2.45) is 0 Å². The average Bonchev–Trinajstić information content (AvgIpc) is 3.42. The number of methoxy groups -OCH3 is 1. The summed E-state index contributed by atoms with van der Waals surface area (Å²) >= 11 is 1.33. The van der Waals surface area contributed by atoms with E-state index in [9.17, 15) is 19.6 Å². The van der Waals surface area contributed by atoms with Gasteiger partial charge in [-0.2, -0.15) is 5.26 Å². The fraction of sp³-hybridized carbons (Fsp3) is 0.161. The highest BCUT2D eigenvalue weighted by Gasteiger charge is 2.20. The number of Topliss-reactive ketones (excluding diaryl/α,β-unsaturated/α-hetero) is 1. The van der Waals surface area contributed by atoms with Gasteiger partial charge in [0.05, 0.1) is 37.2 Å². The number of benzene rings is 3. The second-order valence-electron chi connectivity index (χ2n) is 9.17. The second-order valence-corrected chi connectivity index (χ2v) is 10.3. The number of aryl methyl sites for hydroxylation is 1. The molecule has 5 rings (SSSR count). The molecule has 0 atom stereocenters. The summed E-state index contributed by atoms with van der Waals surface area (Å²) in [6, 6.07) is 21.6. The minimum Gasteiger partial charge on any atom is -0.497 e. The summed E-state index contributed by atoms with van der Waals surface area (Å²) in [5.74, 6) is -0.351. The minimum absolute atomic E-state index is 0.00684. The van der Waals surface area contributed by atoms with Crippen molar-refractivity contribution < 1.29 is 13.9 Å². The number of ketones is 1. The molecule has 9 heteroatoms. The summed E-state index contributed by atoms with van der Waals surface area (Å²) < 4.78 is 22.8. The van der Waals surface area contributed by atoms with Crippen molar-refractivity contribution >= 4 is 27.3 Å².